The molecule has 0 radical (unpaired) electrons. The molecule has 26 heavy (non-hydrogen) atoms. The van der Waals surface area contributed by atoms with Crippen LogP contribution >= 0.6 is 11.8 Å². The molecule has 140 valence electrons. The predicted octanol–water partition coefficient (Wildman–Crippen LogP) is 4.62. The molecule has 3 unspecified atom stereocenters. The molecular weight excluding hydrogens is 346 g/mol. The fourth-order valence-electron chi connectivity index (χ4n) is 3.74. The van der Waals surface area contributed by atoms with Crippen molar-refractivity contribution in [2.24, 2.45) is 0 Å². The third-order valence-corrected chi connectivity index (χ3v) is 5.87. The van der Waals surface area contributed by atoms with Gasteiger partial charge in [-0.15, -0.1) is 10.2 Å². The largest absolute Gasteiger partial charge is 0.411 e. The predicted molar refractivity (Wildman–Crippen MR) is 104 cm³/mol. The standard InChI is InChI=1S/C20H27N3O2S/c1-12-9-13(2)11-17(10-12)18-21-22-20(25-18)26-16(5)19(24)23-14(3)7-6-8-15(23)4/h9-11,14-16H,6-8H2,1-5H3. The topological polar surface area (TPSA) is 59.2 Å². The SMILES string of the molecule is Cc1cc(C)cc(-c2nnc(SC(C)C(=O)N3C(C)CCCC3C)o2)c1. The molecule has 1 amide bonds. The summed E-state index contributed by atoms with van der Waals surface area (Å²) in [5.74, 6) is 0.652. The molecule has 0 aliphatic carbocycles. The average Bonchev–Trinajstić information content (AvgIpc) is 3.02. The maximum absolute atomic E-state index is 12.9. The van der Waals surface area contributed by atoms with Crippen molar-refractivity contribution in [1.82, 2.24) is 15.1 Å². The van der Waals surface area contributed by atoms with Crippen molar-refractivity contribution in [3.8, 4) is 11.5 Å². The van der Waals surface area contributed by atoms with Crippen LogP contribution in [0.1, 0.15) is 51.2 Å². The molecule has 5 nitrogen and oxygen atoms in total. The molecule has 1 aliphatic heterocycles. The molecular formula is C20H27N3O2S. The molecule has 1 aliphatic rings. The maximum Gasteiger partial charge on any atom is 0.277 e. The number of amides is 1. The maximum atomic E-state index is 12.9. The van der Waals surface area contributed by atoms with Gasteiger partial charge in [-0.25, -0.2) is 0 Å². The van der Waals surface area contributed by atoms with Gasteiger partial charge in [0.1, 0.15) is 0 Å². The van der Waals surface area contributed by atoms with E-state index in [-0.39, 0.29) is 11.2 Å². The molecule has 3 rings (SSSR count). The molecule has 2 aromatic rings. The molecule has 6 heteroatoms. The first-order chi connectivity index (χ1) is 12.3. The molecule has 3 atom stereocenters. The molecule has 2 heterocycles. The van der Waals surface area contributed by atoms with Crippen molar-refractivity contribution in [3.05, 3.63) is 29.3 Å². The molecule has 0 bridgehead atoms. The number of rotatable bonds is 4. The van der Waals surface area contributed by atoms with E-state index in [0.717, 1.165) is 29.5 Å². The summed E-state index contributed by atoms with van der Waals surface area (Å²) in [6.07, 6.45) is 3.34. The van der Waals surface area contributed by atoms with Crippen LogP contribution in [-0.2, 0) is 4.79 Å². The Morgan fingerprint density at radius 3 is 2.38 bits per heavy atom. The van der Waals surface area contributed by atoms with Crippen molar-refractivity contribution >= 4 is 17.7 Å². The summed E-state index contributed by atoms with van der Waals surface area (Å²) in [4.78, 5) is 14.9. The number of benzene rings is 1. The molecule has 1 fully saturated rings. The number of carbonyl (C=O) groups is 1. The van der Waals surface area contributed by atoms with E-state index in [1.165, 1.54) is 18.2 Å². The third-order valence-electron chi connectivity index (χ3n) is 4.95. The van der Waals surface area contributed by atoms with Gasteiger partial charge in [0, 0.05) is 17.6 Å². The Hall–Kier alpha value is -1.82. The number of likely N-dealkylation sites (tertiary alicyclic amines) is 1. The van der Waals surface area contributed by atoms with Crippen LogP contribution in [0.15, 0.2) is 27.8 Å². The number of nitrogens with zero attached hydrogens (tertiary/aromatic N) is 3. The zero-order chi connectivity index (χ0) is 18.8. The first-order valence-corrected chi connectivity index (χ1v) is 10.1. The lowest BCUT2D eigenvalue weighted by Gasteiger charge is -2.40. The summed E-state index contributed by atoms with van der Waals surface area (Å²) < 4.78 is 5.81. The summed E-state index contributed by atoms with van der Waals surface area (Å²) >= 11 is 1.34. The van der Waals surface area contributed by atoms with Gasteiger partial charge in [0.25, 0.3) is 5.22 Å². The molecule has 1 aromatic heterocycles. The zero-order valence-electron chi connectivity index (χ0n) is 16.2. The Morgan fingerprint density at radius 1 is 1.15 bits per heavy atom. The van der Waals surface area contributed by atoms with E-state index in [4.69, 9.17) is 4.42 Å². The number of hydrogen-bond donors (Lipinski definition) is 0. The van der Waals surface area contributed by atoms with Crippen LogP contribution in [0.3, 0.4) is 0 Å². The second-order valence-electron chi connectivity index (χ2n) is 7.38. The van der Waals surface area contributed by atoms with Crippen molar-refractivity contribution in [1.29, 1.82) is 0 Å². The summed E-state index contributed by atoms with van der Waals surface area (Å²) in [6, 6.07) is 6.75. The van der Waals surface area contributed by atoms with Gasteiger partial charge in [-0.05, 0) is 66.0 Å². The van der Waals surface area contributed by atoms with Gasteiger partial charge >= 0.3 is 0 Å². The summed E-state index contributed by atoms with van der Waals surface area (Å²) in [5, 5.41) is 8.49. The van der Waals surface area contributed by atoms with Gasteiger partial charge in [0.05, 0.1) is 5.25 Å². The summed E-state index contributed by atoms with van der Waals surface area (Å²) in [6.45, 7) is 10.3. The summed E-state index contributed by atoms with van der Waals surface area (Å²) in [5.41, 5.74) is 3.23. The Kier molecular flexibility index (Phi) is 5.70. The highest BCUT2D eigenvalue weighted by molar-refractivity contribution is 8.00. The fourth-order valence-corrected chi connectivity index (χ4v) is 4.48. The van der Waals surface area contributed by atoms with Gasteiger partial charge in [-0.3, -0.25) is 4.79 Å². The number of aromatic nitrogens is 2. The van der Waals surface area contributed by atoms with E-state index in [0.29, 0.717) is 23.2 Å². The number of carbonyl (C=O) groups excluding carboxylic acids is 1. The van der Waals surface area contributed by atoms with E-state index in [9.17, 15) is 4.79 Å². The molecule has 0 N–H and O–H groups in total. The van der Waals surface area contributed by atoms with Crippen molar-refractivity contribution in [2.45, 2.75) is 76.4 Å². The van der Waals surface area contributed by atoms with Crippen molar-refractivity contribution in [2.75, 3.05) is 0 Å². The van der Waals surface area contributed by atoms with E-state index in [2.05, 4.69) is 30.1 Å². The lowest BCUT2D eigenvalue weighted by Crippen LogP contribution is -2.50. The van der Waals surface area contributed by atoms with Crippen LogP contribution in [-0.4, -0.2) is 38.3 Å². The number of piperidine rings is 1. The van der Waals surface area contributed by atoms with Crippen LogP contribution in [0.25, 0.3) is 11.5 Å². The van der Waals surface area contributed by atoms with Gasteiger partial charge in [0.15, 0.2) is 0 Å². The highest BCUT2D eigenvalue weighted by Crippen LogP contribution is 2.30. The molecule has 0 spiro atoms. The smallest absolute Gasteiger partial charge is 0.277 e. The van der Waals surface area contributed by atoms with Crippen LogP contribution in [0.5, 0.6) is 0 Å². The summed E-state index contributed by atoms with van der Waals surface area (Å²) in [7, 11) is 0. The molecule has 0 saturated carbocycles. The molecule has 1 aromatic carbocycles. The normalized spacial score (nSPS) is 21.7. The second kappa shape index (κ2) is 7.82. The van der Waals surface area contributed by atoms with Crippen LogP contribution < -0.4 is 0 Å². The van der Waals surface area contributed by atoms with Crippen LogP contribution in [0.4, 0.5) is 0 Å². The Labute approximate surface area is 159 Å². The lowest BCUT2D eigenvalue weighted by atomic mass is 9.97. The first-order valence-electron chi connectivity index (χ1n) is 9.26. The van der Waals surface area contributed by atoms with Gasteiger partial charge in [-0.1, -0.05) is 29.0 Å². The molecule has 1 saturated heterocycles. The highest BCUT2D eigenvalue weighted by Gasteiger charge is 2.32. The second-order valence-corrected chi connectivity index (χ2v) is 8.68. The van der Waals surface area contributed by atoms with Crippen LogP contribution in [0, 0.1) is 13.8 Å². The lowest BCUT2D eigenvalue weighted by molar-refractivity contribution is -0.136. The first kappa shape index (κ1) is 19.0. The van der Waals surface area contributed by atoms with Gasteiger partial charge in [-0.2, -0.15) is 0 Å². The average molecular weight is 374 g/mol. The minimum absolute atomic E-state index is 0.154. The minimum atomic E-state index is -0.245. The van der Waals surface area contributed by atoms with Gasteiger partial charge < -0.3 is 9.32 Å². The minimum Gasteiger partial charge on any atom is -0.411 e. The quantitative estimate of drug-likeness (QED) is 0.732. The zero-order valence-corrected chi connectivity index (χ0v) is 17.0. The third kappa shape index (κ3) is 4.11. The fraction of sp³-hybridized carbons (Fsp3) is 0.550. The number of aryl methyl sites for hydroxylation is 2. The van der Waals surface area contributed by atoms with Crippen LogP contribution in [0.2, 0.25) is 0 Å². The van der Waals surface area contributed by atoms with Gasteiger partial charge in [0.2, 0.25) is 11.8 Å². The Bertz CT molecular complexity index is 759. The number of hydrogen-bond acceptors (Lipinski definition) is 5. The van der Waals surface area contributed by atoms with Crippen molar-refractivity contribution in [3.63, 3.8) is 0 Å². The Morgan fingerprint density at radius 2 is 1.77 bits per heavy atom. The van der Waals surface area contributed by atoms with E-state index in [1.54, 1.807) is 0 Å². The van der Waals surface area contributed by atoms with E-state index in [1.807, 2.05) is 37.8 Å². The monoisotopic (exact) mass is 373 g/mol. The Balaban J connectivity index is 1.71. The highest BCUT2D eigenvalue weighted by atomic mass is 32.2. The van der Waals surface area contributed by atoms with E-state index < -0.39 is 0 Å². The number of thioether (sulfide) groups is 1. The van der Waals surface area contributed by atoms with Crippen molar-refractivity contribution < 1.29 is 9.21 Å². The van der Waals surface area contributed by atoms with E-state index >= 15 is 0 Å².